The Balaban J connectivity index is 2.70. The summed E-state index contributed by atoms with van der Waals surface area (Å²) in [7, 11) is 0. The van der Waals surface area contributed by atoms with E-state index in [-0.39, 0.29) is 12.5 Å². The number of rotatable bonds is 10. The van der Waals surface area contributed by atoms with E-state index in [1.54, 1.807) is 13.8 Å². The fraction of sp³-hybridized carbons (Fsp3) is 0.737. The molecule has 1 aliphatic heterocycles. The number of carboxylic acids is 1. The summed E-state index contributed by atoms with van der Waals surface area (Å²) >= 11 is 0. The van der Waals surface area contributed by atoms with Gasteiger partial charge >= 0.3 is 5.97 Å². The van der Waals surface area contributed by atoms with Crippen molar-refractivity contribution in [2.75, 3.05) is 13.2 Å². The molecule has 1 fully saturated rings. The first kappa shape index (κ1) is 26.3. The van der Waals surface area contributed by atoms with E-state index in [9.17, 15) is 24.0 Å². The topological polar surface area (TPSA) is 191 Å². The SMILES string of the molecule is CC(C)[C@H](N)C(=O)N[C@@H](C)C(=O)N[C@@H](C)C(=O)N1CCC[C@H]1C(=O)N[C@@H](CO)C(=O)O. The zero-order valence-corrected chi connectivity index (χ0v) is 18.3. The second-order valence-corrected chi connectivity index (χ2v) is 8.00. The molecule has 0 aromatic heterocycles. The fourth-order valence-corrected chi connectivity index (χ4v) is 3.08. The lowest BCUT2D eigenvalue weighted by Crippen LogP contribution is -2.57. The summed E-state index contributed by atoms with van der Waals surface area (Å²) in [4.78, 5) is 61.8. The number of aliphatic hydroxyl groups is 1. The molecule has 1 heterocycles. The average Bonchev–Trinajstić information content (AvgIpc) is 3.19. The fourth-order valence-electron chi connectivity index (χ4n) is 3.08. The standard InChI is InChI=1S/C19H33N5O7/c1-9(2)14(20)17(28)21-10(3)15(26)22-11(4)18(29)24-7-5-6-13(24)16(27)23-12(8-25)19(30)31/h9-14,25H,5-8,20H2,1-4H3,(H,21,28)(H,22,26)(H,23,27)(H,30,31)/t10-,11-,12-,13-,14-/m0/s1. The number of carbonyl (C=O) groups excluding carboxylic acids is 4. The predicted octanol–water partition coefficient (Wildman–Crippen LogP) is -2.47. The number of nitrogens with one attached hydrogen (secondary N) is 3. The van der Waals surface area contributed by atoms with Crippen LogP contribution in [-0.4, -0.2) is 88.1 Å². The molecule has 31 heavy (non-hydrogen) atoms. The molecule has 1 aliphatic rings. The highest BCUT2D eigenvalue weighted by Gasteiger charge is 2.38. The number of aliphatic carboxylic acids is 1. The molecule has 0 saturated carbocycles. The Morgan fingerprint density at radius 1 is 1.00 bits per heavy atom. The summed E-state index contributed by atoms with van der Waals surface area (Å²) in [5.74, 6) is -3.77. The van der Waals surface area contributed by atoms with E-state index >= 15 is 0 Å². The van der Waals surface area contributed by atoms with Gasteiger partial charge in [-0.1, -0.05) is 13.8 Å². The zero-order valence-electron chi connectivity index (χ0n) is 18.3. The van der Waals surface area contributed by atoms with Crippen LogP contribution in [0, 0.1) is 5.92 Å². The van der Waals surface area contributed by atoms with Crippen LogP contribution in [0.1, 0.15) is 40.5 Å². The second kappa shape index (κ2) is 11.6. The quantitative estimate of drug-likeness (QED) is 0.214. The van der Waals surface area contributed by atoms with Crippen molar-refractivity contribution in [1.29, 1.82) is 0 Å². The molecular formula is C19H33N5O7. The molecule has 7 N–H and O–H groups in total. The molecule has 1 rings (SSSR count). The van der Waals surface area contributed by atoms with Gasteiger partial charge in [-0.05, 0) is 32.6 Å². The summed E-state index contributed by atoms with van der Waals surface area (Å²) in [6.07, 6.45) is 0.858. The third kappa shape index (κ3) is 7.17. The molecule has 1 saturated heterocycles. The van der Waals surface area contributed by atoms with Crippen molar-refractivity contribution >= 4 is 29.6 Å². The maximum Gasteiger partial charge on any atom is 0.328 e. The molecular weight excluding hydrogens is 410 g/mol. The van der Waals surface area contributed by atoms with E-state index in [1.807, 2.05) is 0 Å². The molecule has 5 atom stereocenters. The van der Waals surface area contributed by atoms with Crippen LogP contribution < -0.4 is 21.7 Å². The van der Waals surface area contributed by atoms with Crippen LogP contribution >= 0.6 is 0 Å². The molecule has 0 aromatic rings. The maximum atomic E-state index is 12.8. The van der Waals surface area contributed by atoms with Crippen molar-refractivity contribution in [3.63, 3.8) is 0 Å². The normalized spacial score (nSPS) is 19.8. The first-order valence-corrected chi connectivity index (χ1v) is 10.2. The van der Waals surface area contributed by atoms with Crippen LogP contribution in [0.4, 0.5) is 0 Å². The Kier molecular flexibility index (Phi) is 9.85. The number of carboxylic acid groups (broad SMARTS) is 1. The molecule has 4 amide bonds. The van der Waals surface area contributed by atoms with Crippen LogP contribution in [-0.2, 0) is 24.0 Å². The van der Waals surface area contributed by atoms with Gasteiger partial charge in [0, 0.05) is 6.54 Å². The number of likely N-dealkylation sites (tertiary alicyclic amines) is 1. The highest BCUT2D eigenvalue weighted by molar-refractivity contribution is 5.95. The smallest absolute Gasteiger partial charge is 0.328 e. The van der Waals surface area contributed by atoms with E-state index in [4.69, 9.17) is 15.9 Å². The number of amides is 4. The monoisotopic (exact) mass is 443 g/mol. The molecule has 0 radical (unpaired) electrons. The molecule has 12 nitrogen and oxygen atoms in total. The summed E-state index contributed by atoms with van der Waals surface area (Å²) in [6.45, 7) is 5.96. The third-order valence-corrected chi connectivity index (χ3v) is 5.14. The van der Waals surface area contributed by atoms with Crippen molar-refractivity contribution < 1.29 is 34.2 Å². The molecule has 0 unspecified atom stereocenters. The van der Waals surface area contributed by atoms with E-state index < -0.39 is 66.4 Å². The highest BCUT2D eigenvalue weighted by Crippen LogP contribution is 2.19. The van der Waals surface area contributed by atoms with Crippen molar-refractivity contribution in [1.82, 2.24) is 20.9 Å². The molecule has 176 valence electrons. The minimum Gasteiger partial charge on any atom is -0.480 e. The largest absolute Gasteiger partial charge is 0.480 e. The number of nitrogens with two attached hydrogens (primary N) is 1. The first-order chi connectivity index (χ1) is 14.4. The minimum absolute atomic E-state index is 0.111. The summed E-state index contributed by atoms with van der Waals surface area (Å²) in [5.41, 5.74) is 5.75. The zero-order chi connectivity index (χ0) is 23.9. The van der Waals surface area contributed by atoms with Crippen LogP contribution in [0.5, 0.6) is 0 Å². The van der Waals surface area contributed by atoms with E-state index in [0.29, 0.717) is 12.8 Å². The Morgan fingerprint density at radius 3 is 2.10 bits per heavy atom. The van der Waals surface area contributed by atoms with Gasteiger partial charge in [-0.25, -0.2) is 4.79 Å². The number of carbonyl (C=O) groups is 5. The van der Waals surface area contributed by atoms with Gasteiger partial charge in [0.1, 0.15) is 24.2 Å². The van der Waals surface area contributed by atoms with Gasteiger partial charge < -0.3 is 36.8 Å². The molecule has 0 aliphatic carbocycles. The minimum atomic E-state index is -1.47. The third-order valence-electron chi connectivity index (χ3n) is 5.14. The van der Waals surface area contributed by atoms with Gasteiger partial charge in [-0.15, -0.1) is 0 Å². The maximum absolute atomic E-state index is 12.8. The Hall–Kier alpha value is -2.73. The van der Waals surface area contributed by atoms with Gasteiger partial charge in [0.05, 0.1) is 12.6 Å². The number of hydrogen-bond acceptors (Lipinski definition) is 7. The Labute approximate surface area is 180 Å². The van der Waals surface area contributed by atoms with Gasteiger partial charge in [0.2, 0.25) is 23.6 Å². The second-order valence-electron chi connectivity index (χ2n) is 8.00. The molecule has 0 aromatic carbocycles. The van der Waals surface area contributed by atoms with Crippen LogP contribution in [0.2, 0.25) is 0 Å². The highest BCUT2D eigenvalue weighted by atomic mass is 16.4. The summed E-state index contributed by atoms with van der Waals surface area (Å²) in [5, 5.41) is 25.2. The van der Waals surface area contributed by atoms with E-state index in [1.165, 1.54) is 18.7 Å². The van der Waals surface area contributed by atoms with Gasteiger partial charge in [-0.2, -0.15) is 0 Å². The summed E-state index contributed by atoms with van der Waals surface area (Å²) in [6, 6.07) is -5.05. The number of hydrogen-bond donors (Lipinski definition) is 6. The molecule has 0 bridgehead atoms. The first-order valence-electron chi connectivity index (χ1n) is 10.2. The number of aliphatic hydroxyl groups excluding tert-OH is 1. The lowest BCUT2D eigenvalue weighted by Gasteiger charge is -2.28. The lowest BCUT2D eigenvalue weighted by molar-refractivity contribution is -0.145. The summed E-state index contributed by atoms with van der Waals surface area (Å²) < 4.78 is 0. The Bertz CT molecular complexity index is 699. The Morgan fingerprint density at radius 2 is 1.58 bits per heavy atom. The predicted molar refractivity (Wildman–Crippen MR) is 109 cm³/mol. The van der Waals surface area contributed by atoms with Gasteiger partial charge in [-0.3, -0.25) is 19.2 Å². The van der Waals surface area contributed by atoms with Crippen molar-refractivity contribution in [2.45, 2.75) is 70.7 Å². The van der Waals surface area contributed by atoms with Gasteiger partial charge in [0.25, 0.3) is 0 Å². The van der Waals surface area contributed by atoms with Crippen LogP contribution in [0.25, 0.3) is 0 Å². The molecule has 0 spiro atoms. The van der Waals surface area contributed by atoms with Crippen LogP contribution in [0.15, 0.2) is 0 Å². The molecule has 12 heteroatoms. The van der Waals surface area contributed by atoms with E-state index in [2.05, 4.69) is 16.0 Å². The van der Waals surface area contributed by atoms with Crippen molar-refractivity contribution in [3.8, 4) is 0 Å². The number of nitrogens with zero attached hydrogens (tertiary/aromatic N) is 1. The van der Waals surface area contributed by atoms with Crippen molar-refractivity contribution in [2.24, 2.45) is 11.7 Å². The van der Waals surface area contributed by atoms with Crippen LogP contribution in [0.3, 0.4) is 0 Å². The average molecular weight is 444 g/mol. The van der Waals surface area contributed by atoms with Gasteiger partial charge in [0.15, 0.2) is 0 Å². The lowest BCUT2D eigenvalue weighted by atomic mass is 10.0. The van der Waals surface area contributed by atoms with Crippen molar-refractivity contribution in [3.05, 3.63) is 0 Å². The van der Waals surface area contributed by atoms with E-state index in [0.717, 1.165) is 0 Å².